The van der Waals surface area contributed by atoms with Gasteiger partial charge in [0.25, 0.3) is 0 Å². The minimum absolute atomic E-state index is 0.208. The first kappa shape index (κ1) is 11.0. The molecule has 0 aliphatic rings. The predicted octanol–water partition coefficient (Wildman–Crippen LogP) is 1.88. The average Bonchev–Trinajstić information content (AvgIpc) is 2.03. The maximum Gasteiger partial charge on any atom is 0.311 e. The van der Waals surface area contributed by atoms with E-state index in [2.05, 4.69) is 4.74 Å². The molecule has 0 heterocycles. The minimum Gasteiger partial charge on any atom is -0.469 e. The van der Waals surface area contributed by atoms with Crippen LogP contribution >= 0.6 is 0 Å². The summed E-state index contributed by atoms with van der Waals surface area (Å²) in [6, 6.07) is 2.05. The minimum atomic E-state index is -0.453. The number of hydrogen-bond donors (Lipinski definition) is 0. The van der Waals surface area contributed by atoms with Crippen molar-refractivity contribution in [1.82, 2.24) is 0 Å². The lowest BCUT2D eigenvalue weighted by Crippen LogP contribution is -2.25. The Kier molecular flexibility index (Phi) is 4.35. The smallest absolute Gasteiger partial charge is 0.311 e. The fourth-order valence-electron chi connectivity index (χ4n) is 0.988. The molecule has 0 unspecified atom stereocenters. The molecular formula is C9H15NO2. The normalized spacial score (nSPS) is 10.5. The molecule has 0 saturated carbocycles. The van der Waals surface area contributed by atoms with Crippen LogP contribution in [0, 0.1) is 16.7 Å². The second-order valence-corrected chi connectivity index (χ2v) is 3.39. The summed E-state index contributed by atoms with van der Waals surface area (Å²) in [6.45, 7) is 3.66. The van der Waals surface area contributed by atoms with Gasteiger partial charge in [-0.15, -0.1) is 0 Å². The van der Waals surface area contributed by atoms with E-state index in [1.165, 1.54) is 7.11 Å². The van der Waals surface area contributed by atoms with Crippen LogP contribution in [0.1, 0.15) is 33.1 Å². The van der Waals surface area contributed by atoms with Gasteiger partial charge in [0.15, 0.2) is 0 Å². The molecule has 0 spiro atoms. The zero-order valence-electron chi connectivity index (χ0n) is 7.89. The number of rotatable bonds is 4. The Labute approximate surface area is 73.3 Å². The van der Waals surface area contributed by atoms with Crippen LogP contribution in [0.25, 0.3) is 0 Å². The average molecular weight is 169 g/mol. The van der Waals surface area contributed by atoms with Crippen molar-refractivity contribution in [2.24, 2.45) is 5.41 Å². The summed E-state index contributed by atoms with van der Waals surface area (Å²) in [7, 11) is 1.38. The van der Waals surface area contributed by atoms with Gasteiger partial charge in [-0.3, -0.25) is 4.79 Å². The summed E-state index contributed by atoms with van der Waals surface area (Å²) in [5.74, 6) is -0.208. The van der Waals surface area contributed by atoms with Crippen LogP contribution in [-0.2, 0) is 9.53 Å². The van der Waals surface area contributed by atoms with Gasteiger partial charge in [0.1, 0.15) is 0 Å². The van der Waals surface area contributed by atoms with Crippen molar-refractivity contribution in [3.8, 4) is 6.07 Å². The zero-order chi connectivity index (χ0) is 9.61. The fourth-order valence-corrected chi connectivity index (χ4v) is 0.988. The van der Waals surface area contributed by atoms with Crippen molar-refractivity contribution in [1.29, 1.82) is 5.26 Å². The van der Waals surface area contributed by atoms with Gasteiger partial charge in [-0.2, -0.15) is 5.26 Å². The molecule has 0 atom stereocenters. The molecule has 3 nitrogen and oxygen atoms in total. The second-order valence-electron chi connectivity index (χ2n) is 3.39. The second kappa shape index (κ2) is 4.76. The Balaban J connectivity index is 3.88. The third-order valence-corrected chi connectivity index (χ3v) is 1.83. The maximum atomic E-state index is 11.1. The van der Waals surface area contributed by atoms with Gasteiger partial charge in [-0.05, 0) is 26.7 Å². The molecule has 3 heteroatoms. The Morgan fingerprint density at radius 3 is 2.58 bits per heavy atom. The number of esters is 1. The monoisotopic (exact) mass is 169 g/mol. The van der Waals surface area contributed by atoms with Crippen LogP contribution in [-0.4, -0.2) is 13.1 Å². The molecule has 0 amide bonds. The highest BCUT2D eigenvalue weighted by Crippen LogP contribution is 2.24. The number of methoxy groups -OCH3 is 1. The number of carbonyl (C=O) groups excluding carboxylic acids is 1. The van der Waals surface area contributed by atoms with E-state index in [-0.39, 0.29) is 5.97 Å². The molecule has 0 aliphatic carbocycles. The van der Waals surface area contributed by atoms with Crippen molar-refractivity contribution in [3.05, 3.63) is 0 Å². The largest absolute Gasteiger partial charge is 0.469 e. The van der Waals surface area contributed by atoms with Crippen LogP contribution in [0.15, 0.2) is 0 Å². The summed E-state index contributed by atoms with van der Waals surface area (Å²) in [4.78, 5) is 11.1. The molecule has 0 aromatic heterocycles. The number of ether oxygens (including phenoxy) is 1. The SMILES string of the molecule is COC(=O)C(C)(C)CCCC#N. The van der Waals surface area contributed by atoms with Gasteiger partial charge < -0.3 is 4.74 Å². The summed E-state index contributed by atoms with van der Waals surface area (Å²) in [5.41, 5.74) is -0.453. The maximum absolute atomic E-state index is 11.1. The zero-order valence-corrected chi connectivity index (χ0v) is 7.89. The first-order valence-electron chi connectivity index (χ1n) is 4.00. The van der Waals surface area contributed by atoms with E-state index in [0.29, 0.717) is 12.8 Å². The molecule has 0 N–H and O–H groups in total. The predicted molar refractivity (Wildman–Crippen MR) is 45.3 cm³/mol. The molecule has 0 fully saturated rings. The van der Waals surface area contributed by atoms with E-state index in [0.717, 1.165) is 6.42 Å². The molecule has 0 aromatic rings. The number of nitrogens with zero attached hydrogens (tertiary/aromatic N) is 1. The molecule has 0 aromatic carbocycles. The van der Waals surface area contributed by atoms with Crippen molar-refractivity contribution >= 4 is 5.97 Å². The van der Waals surface area contributed by atoms with E-state index >= 15 is 0 Å². The molecule has 0 radical (unpaired) electrons. The first-order valence-corrected chi connectivity index (χ1v) is 4.00. The molecule has 68 valence electrons. The molecule has 0 bridgehead atoms. The van der Waals surface area contributed by atoms with Crippen molar-refractivity contribution in [2.45, 2.75) is 33.1 Å². The van der Waals surface area contributed by atoms with Crippen molar-refractivity contribution in [3.63, 3.8) is 0 Å². The summed E-state index contributed by atoms with van der Waals surface area (Å²) in [6.07, 6.45) is 1.95. The Morgan fingerprint density at radius 2 is 2.17 bits per heavy atom. The van der Waals surface area contributed by atoms with Crippen LogP contribution < -0.4 is 0 Å². The topological polar surface area (TPSA) is 50.1 Å². The van der Waals surface area contributed by atoms with Crippen LogP contribution in [0.5, 0.6) is 0 Å². The quantitative estimate of drug-likeness (QED) is 0.477. The van der Waals surface area contributed by atoms with Gasteiger partial charge in [0.2, 0.25) is 0 Å². The fraction of sp³-hybridized carbons (Fsp3) is 0.778. The highest BCUT2D eigenvalue weighted by molar-refractivity contribution is 5.75. The molecular weight excluding hydrogens is 154 g/mol. The summed E-state index contributed by atoms with van der Waals surface area (Å²) >= 11 is 0. The Bertz CT molecular complexity index is 191. The van der Waals surface area contributed by atoms with E-state index in [1.54, 1.807) is 0 Å². The van der Waals surface area contributed by atoms with Crippen LogP contribution in [0.3, 0.4) is 0 Å². The van der Waals surface area contributed by atoms with Crippen LogP contribution in [0.2, 0.25) is 0 Å². The number of nitriles is 1. The lowest BCUT2D eigenvalue weighted by molar-refractivity contribution is -0.151. The third kappa shape index (κ3) is 3.38. The first-order chi connectivity index (χ1) is 5.54. The summed E-state index contributed by atoms with van der Waals surface area (Å²) < 4.78 is 4.62. The lowest BCUT2D eigenvalue weighted by Gasteiger charge is -2.20. The third-order valence-electron chi connectivity index (χ3n) is 1.83. The molecule has 12 heavy (non-hydrogen) atoms. The van der Waals surface area contributed by atoms with Gasteiger partial charge >= 0.3 is 5.97 Å². The highest BCUT2D eigenvalue weighted by atomic mass is 16.5. The van der Waals surface area contributed by atoms with Crippen molar-refractivity contribution in [2.75, 3.05) is 7.11 Å². The number of unbranched alkanes of at least 4 members (excludes halogenated alkanes) is 1. The molecule has 0 saturated heterocycles. The Hall–Kier alpha value is -1.04. The lowest BCUT2D eigenvalue weighted by atomic mass is 9.87. The van der Waals surface area contributed by atoms with E-state index in [4.69, 9.17) is 5.26 Å². The van der Waals surface area contributed by atoms with Crippen LogP contribution in [0.4, 0.5) is 0 Å². The standard InChI is InChI=1S/C9H15NO2/c1-9(2,8(11)12-3)6-4-5-7-10/h4-6H2,1-3H3. The summed E-state index contributed by atoms with van der Waals surface area (Å²) in [5, 5.41) is 8.29. The van der Waals surface area contributed by atoms with Gasteiger partial charge in [0.05, 0.1) is 18.6 Å². The number of carbonyl (C=O) groups is 1. The van der Waals surface area contributed by atoms with Gasteiger partial charge in [0, 0.05) is 6.42 Å². The van der Waals surface area contributed by atoms with E-state index in [9.17, 15) is 4.79 Å². The molecule has 0 rings (SSSR count). The van der Waals surface area contributed by atoms with Gasteiger partial charge in [-0.1, -0.05) is 0 Å². The van der Waals surface area contributed by atoms with E-state index in [1.807, 2.05) is 19.9 Å². The number of hydrogen-bond acceptors (Lipinski definition) is 3. The van der Waals surface area contributed by atoms with E-state index < -0.39 is 5.41 Å². The van der Waals surface area contributed by atoms with Gasteiger partial charge in [-0.25, -0.2) is 0 Å². The molecule has 0 aliphatic heterocycles. The Morgan fingerprint density at radius 1 is 1.58 bits per heavy atom. The highest BCUT2D eigenvalue weighted by Gasteiger charge is 2.27. The van der Waals surface area contributed by atoms with Crippen molar-refractivity contribution < 1.29 is 9.53 Å².